The number of benzene rings is 1. The van der Waals surface area contributed by atoms with Crippen molar-refractivity contribution in [2.75, 3.05) is 5.32 Å². The molecule has 3 rings (SSSR count). The summed E-state index contributed by atoms with van der Waals surface area (Å²) in [7, 11) is 0. The molecule has 1 aromatic carbocycles. The summed E-state index contributed by atoms with van der Waals surface area (Å²) in [6.07, 6.45) is 4.20. The standard InChI is InChI=1S/C19H23FN4O2/c1-12-9-15(7-8-16(12)20)23-19-21-13(2)10-18(26)24(19)11-17(25)22-14-5-3-4-6-14/h7-10,14H,3-6,11H2,1-2H3,(H,21,23)(H,22,25). The van der Waals surface area contributed by atoms with Crippen LogP contribution in [0, 0.1) is 19.7 Å². The number of nitrogens with zero attached hydrogens (tertiary/aromatic N) is 2. The van der Waals surface area contributed by atoms with Crippen molar-refractivity contribution < 1.29 is 9.18 Å². The summed E-state index contributed by atoms with van der Waals surface area (Å²) in [5.74, 6) is -0.244. The Balaban J connectivity index is 1.83. The van der Waals surface area contributed by atoms with E-state index in [1.165, 1.54) is 16.7 Å². The molecule has 138 valence electrons. The highest BCUT2D eigenvalue weighted by Crippen LogP contribution is 2.19. The van der Waals surface area contributed by atoms with Crippen LogP contribution in [0.2, 0.25) is 0 Å². The van der Waals surface area contributed by atoms with Crippen molar-refractivity contribution in [3.8, 4) is 0 Å². The number of anilines is 2. The summed E-state index contributed by atoms with van der Waals surface area (Å²) in [4.78, 5) is 29.1. The average Bonchev–Trinajstić information content (AvgIpc) is 3.07. The third kappa shape index (κ3) is 4.28. The Labute approximate surface area is 151 Å². The van der Waals surface area contributed by atoms with Crippen molar-refractivity contribution in [3.05, 3.63) is 51.7 Å². The Morgan fingerprint density at radius 1 is 1.27 bits per heavy atom. The zero-order valence-electron chi connectivity index (χ0n) is 15.0. The number of hydrogen-bond acceptors (Lipinski definition) is 4. The molecule has 6 nitrogen and oxygen atoms in total. The highest BCUT2D eigenvalue weighted by atomic mass is 19.1. The molecule has 0 unspecified atom stereocenters. The van der Waals surface area contributed by atoms with Crippen LogP contribution in [-0.4, -0.2) is 21.5 Å². The molecular formula is C19H23FN4O2. The number of halogens is 1. The van der Waals surface area contributed by atoms with E-state index in [0.29, 0.717) is 16.9 Å². The minimum atomic E-state index is -0.305. The van der Waals surface area contributed by atoms with Gasteiger partial charge in [0.1, 0.15) is 12.4 Å². The predicted molar refractivity (Wildman–Crippen MR) is 98.1 cm³/mol. The molecule has 1 amide bonds. The lowest BCUT2D eigenvalue weighted by molar-refractivity contribution is -0.122. The van der Waals surface area contributed by atoms with Gasteiger partial charge in [0.2, 0.25) is 11.9 Å². The van der Waals surface area contributed by atoms with Crippen molar-refractivity contribution in [1.29, 1.82) is 0 Å². The fourth-order valence-electron chi connectivity index (χ4n) is 3.21. The van der Waals surface area contributed by atoms with Gasteiger partial charge in [0.25, 0.3) is 5.56 Å². The van der Waals surface area contributed by atoms with Gasteiger partial charge in [-0.2, -0.15) is 0 Å². The molecular weight excluding hydrogens is 335 g/mol. The topological polar surface area (TPSA) is 76.0 Å². The van der Waals surface area contributed by atoms with E-state index in [1.807, 2.05) is 0 Å². The first-order valence-electron chi connectivity index (χ1n) is 8.83. The SMILES string of the molecule is Cc1cc(=O)n(CC(=O)NC2CCCC2)c(Nc2ccc(F)c(C)c2)n1. The van der Waals surface area contributed by atoms with Gasteiger partial charge in [0, 0.05) is 23.5 Å². The summed E-state index contributed by atoms with van der Waals surface area (Å²) < 4.78 is 14.8. The lowest BCUT2D eigenvalue weighted by atomic mass is 10.2. The summed E-state index contributed by atoms with van der Waals surface area (Å²) in [6, 6.07) is 6.13. The third-order valence-electron chi connectivity index (χ3n) is 4.57. The molecule has 1 heterocycles. The van der Waals surface area contributed by atoms with Gasteiger partial charge < -0.3 is 10.6 Å². The zero-order valence-corrected chi connectivity index (χ0v) is 15.0. The van der Waals surface area contributed by atoms with E-state index >= 15 is 0 Å². The van der Waals surface area contributed by atoms with Gasteiger partial charge >= 0.3 is 0 Å². The summed E-state index contributed by atoms with van der Waals surface area (Å²) in [5.41, 5.74) is 1.33. The van der Waals surface area contributed by atoms with Gasteiger partial charge in [0.15, 0.2) is 0 Å². The molecule has 2 N–H and O–H groups in total. The number of hydrogen-bond donors (Lipinski definition) is 2. The van der Waals surface area contributed by atoms with Crippen LogP contribution < -0.4 is 16.2 Å². The molecule has 1 aliphatic rings. The molecule has 0 aliphatic heterocycles. The Bertz CT molecular complexity index is 872. The Kier molecular flexibility index (Phi) is 5.35. The molecule has 7 heteroatoms. The van der Waals surface area contributed by atoms with Crippen LogP contribution in [0.25, 0.3) is 0 Å². The van der Waals surface area contributed by atoms with Crippen molar-refractivity contribution in [2.24, 2.45) is 0 Å². The van der Waals surface area contributed by atoms with E-state index in [9.17, 15) is 14.0 Å². The second-order valence-electron chi connectivity index (χ2n) is 6.78. The smallest absolute Gasteiger partial charge is 0.255 e. The molecule has 1 aromatic heterocycles. The van der Waals surface area contributed by atoms with Crippen molar-refractivity contribution in [1.82, 2.24) is 14.9 Å². The highest BCUT2D eigenvalue weighted by molar-refractivity contribution is 5.76. The van der Waals surface area contributed by atoms with E-state index in [0.717, 1.165) is 25.7 Å². The molecule has 0 atom stereocenters. The van der Waals surface area contributed by atoms with Crippen LogP contribution in [0.15, 0.2) is 29.1 Å². The fraction of sp³-hybridized carbons (Fsp3) is 0.421. The molecule has 2 aromatic rings. The Morgan fingerprint density at radius 3 is 2.69 bits per heavy atom. The normalized spacial score (nSPS) is 14.4. The number of rotatable bonds is 5. The van der Waals surface area contributed by atoms with Crippen LogP contribution in [0.4, 0.5) is 16.0 Å². The number of aryl methyl sites for hydroxylation is 2. The van der Waals surface area contributed by atoms with Crippen LogP contribution >= 0.6 is 0 Å². The Morgan fingerprint density at radius 2 is 2.00 bits per heavy atom. The lowest BCUT2D eigenvalue weighted by Crippen LogP contribution is -2.38. The predicted octanol–water partition coefficient (Wildman–Crippen LogP) is 2.80. The zero-order chi connectivity index (χ0) is 18.7. The van der Waals surface area contributed by atoms with Crippen LogP contribution in [0.5, 0.6) is 0 Å². The number of carbonyl (C=O) groups excluding carboxylic acids is 1. The molecule has 1 saturated carbocycles. The van der Waals surface area contributed by atoms with Crippen molar-refractivity contribution >= 4 is 17.5 Å². The summed E-state index contributed by atoms with van der Waals surface area (Å²) in [6.45, 7) is 3.27. The molecule has 26 heavy (non-hydrogen) atoms. The molecule has 0 bridgehead atoms. The molecule has 0 spiro atoms. The van der Waals surface area contributed by atoms with E-state index in [4.69, 9.17) is 0 Å². The second-order valence-corrected chi connectivity index (χ2v) is 6.78. The van der Waals surface area contributed by atoms with E-state index in [1.54, 1.807) is 26.0 Å². The first kappa shape index (κ1) is 18.1. The van der Waals surface area contributed by atoms with Gasteiger partial charge in [0.05, 0.1) is 0 Å². The second kappa shape index (κ2) is 7.68. The largest absolute Gasteiger partial charge is 0.352 e. The minimum Gasteiger partial charge on any atom is -0.352 e. The van der Waals surface area contributed by atoms with Crippen molar-refractivity contribution in [2.45, 2.75) is 52.1 Å². The maximum absolute atomic E-state index is 13.5. The monoisotopic (exact) mass is 358 g/mol. The molecule has 0 saturated heterocycles. The summed E-state index contributed by atoms with van der Waals surface area (Å²) >= 11 is 0. The number of aromatic nitrogens is 2. The maximum atomic E-state index is 13.5. The van der Waals surface area contributed by atoms with Crippen molar-refractivity contribution in [3.63, 3.8) is 0 Å². The fourth-order valence-corrected chi connectivity index (χ4v) is 3.21. The molecule has 1 aliphatic carbocycles. The van der Waals surface area contributed by atoms with Gasteiger partial charge in [-0.05, 0) is 50.5 Å². The number of amides is 1. The average molecular weight is 358 g/mol. The van der Waals surface area contributed by atoms with Gasteiger partial charge in [-0.3, -0.25) is 14.2 Å². The summed E-state index contributed by atoms with van der Waals surface area (Å²) in [5, 5.41) is 6.00. The first-order chi connectivity index (χ1) is 12.4. The van der Waals surface area contributed by atoms with E-state index in [2.05, 4.69) is 15.6 Å². The quantitative estimate of drug-likeness (QED) is 0.862. The van der Waals surface area contributed by atoms with Crippen LogP contribution in [0.3, 0.4) is 0 Å². The molecule has 0 radical (unpaired) electrons. The van der Waals surface area contributed by atoms with E-state index in [-0.39, 0.29) is 35.8 Å². The van der Waals surface area contributed by atoms with Crippen LogP contribution in [-0.2, 0) is 11.3 Å². The number of carbonyl (C=O) groups is 1. The first-order valence-corrected chi connectivity index (χ1v) is 8.83. The minimum absolute atomic E-state index is 0.106. The van der Waals surface area contributed by atoms with Gasteiger partial charge in [-0.15, -0.1) is 0 Å². The lowest BCUT2D eigenvalue weighted by Gasteiger charge is -2.16. The Hall–Kier alpha value is -2.70. The van der Waals surface area contributed by atoms with Gasteiger partial charge in [-0.1, -0.05) is 12.8 Å². The third-order valence-corrected chi connectivity index (χ3v) is 4.57. The maximum Gasteiger partial charge on any atom is 0.255 e. The highest BCUT2D eigenvalue weighted by Gasteiger charge is 2.18. The molecule has 1 fully saturated rings. The van der Waals surface area contributed by atoms with Gasteiger partial charge in [-0.25, -0.2) is 9.37 Å². The number of nitrogens with one attached hydrogen (secondary N) is 2. The van der Waals surface area contributed by atoms with E-state index < -0.39 is 0 Å². The van der Waals surface area contributed by atoms with Crippen LogP contribution in [0.1, 0.15) is 36.9 Å².